The number of aromatic nitrogens is 1. The summed E-state index contributed by atoms with van der Waals surface area (Å²) in [6.45, 7) is 5.38. The Balaban J connectivity index is 2.61. The third kappa shape index (κ3) is 3.68. The van der Waals surface area contributed by atoms with Gasteiger partial charge in [0.2, 0.25) is 0 Å². The fraction of sp³-hybridized carbons (Fsp3) is 0.364. The molecule has 16 heavy (non-hydrogen) atoms. The van der Waals surface area contributed by atoms with Gasteiger partial charge in [-0.1, -0.05) is 6.07 Å². The van der Waals surface area contributed by atoms with E-state index >= 15 is 0 Å². The lowest BCUT2D eigenvalue weighted by atomic mass is 10.3. The van der Waals surface area contributed by atoms with E-state index in [-0.39, 0.29) is 6.04 Å². The van der Waals surface area contributed by atoms with Crippen LogP contribution in [0.4, 0.5) is 5.82 Å². The number of nitrogens with one attached hydrogen (secondary N) is 2. The van der Waals surface area contributed by atoms with E-state index in [0.29, 0.717) is 5.82 Å². The van der Waals surface area contributed by atoms with Gasteiger partial charge in [0.05, 0.1) is 0 Å². The Kier molecular flexibility index (Phi) is 3.99. The van der Waals surface area contributed by atoms with Crippen molar-refractivity contribution in [2.24, 2.45) is 0 Å². The lowest BCUT2D eigenvalue weighted by molar-refractivity contribution is -0.136. The van der Waals surface area contributed by atoms with Crippen LogP contribution in [0, 0.1) is 6.92 Å². The van der Waals surface area contributed by atoms with Crippen LogP contribution < -0.4 is 10.6 Å². The largest absolute Gasteiger partial charge is 0.346 e. The zero-order chi connectivity index (χ0) is 12.1. The molecule has 0 bridgehead atoms. The maximum atomic E-state index is 11.4. The van der Waals surface area contributed by atoms with E-state index < -0.39 is 11.8 Å². The van der Waals surface area contributed by atoms with Crippen LogP contribution in [0.15, 0.2) is 18.2 Å². The number of pyridine rings is 1. The highest BCUT2D eigenvalue weighted by Crippen LogP contribution is 2.03. The Morgan fingerprint density at radius 3 is 2.50 bits per heavy atom. The van der Waals surface area contributed by atoms with Gasteiger partial charge in [0.15, 0.2) is 0 Å². The van der Waals surface area contributed by atoms with E-state index in [0.717, 1.165) is 5.69 Å². The van der Waals surface area contributed by atoms with E-state index in [4.69, 9.17) is 0 Å². The first-order valence-corrected chi connectivity index (χ1v) is 5.04. The van der Waals surface area contributed by atoms with Crippen molar-refractivity contribution < 1.29 is 9.59 Å². The highest BCUT2D eigenvalue weighted by atomic mass is 16.2. The number of carbonyl (C=O) groups excluding carboxylic acids is 2. The molecular weight excluding hydrogens is 206 g/mol. The second-order valence-electron chi connectivity index (χ2n) is 3.75. The molecule has 0 saturated heterocycles. The minimum absolute atomic E-state index is 0.0660. The molecule has 0 spiro atoms. The van der Waals surface area contributed by atoms with Crippen molar-refractivity contribution in [2.45, 2.75) is 26.8 Å². The second kappa shape index (κ2) is 5.25. The fourth-order valence-electron chi connectivity index (χ4n) is 1.11. The van der Waals surface area contributed by atoms with Gasteiger partial charge in [0, 0.05) is 11.7 Å². The highest BCUT2D eigenvalue weighted by Gasteiger charge is 2.14. The summed E-state index contributed by atoms with van der Waals surface area (Å²) in [5, 5.41) is 4.92. The van der Waals surface area contributed by atoms with Gasteiger partial charge in [-0.05, 0) is 32.9 Å². The number of carbonyl (C=O) groups is 2. The van der Waals surface area contributed by atoms with Crippen LogP contribution in [0.3, 0.4) is 0 Å². The lowest BCUT2D eigenvalue weighted by Gasteiger charge is -2.08. The Hall–Kier alpha value is -1.91. The SMILES string of the molecule is Cc1cccc(NC(=O)C(=O)NC(C)C)n1. The molecule has 1 heterocycles. The summed E-state index contributed by atoms with van der Waals surface area (Å²) >= 11 is 0. The molecular formula is C11H15N3O2. The quantitative estimate of drug-likeness (QED) is 0.727. The number of rotatable bonds is 2. The molecule has 1 aromatic rings. The highest BCUT2D eigenvalue weighted by molar-refractivity contribution is 6.39. The molecule has 86 valence electrons. The summed E-state index contributed by atoms with van der Waals surface area (Å²) in [5.41, 5.74) is 0.780. The van der Waals surface area contributed by atoms with Crippen LogP contribution in [0.25, 0.3) is 0 Å². The van der Waals surface area contributed by atoms with E-state index in [1.165, 1.54) is 0 Å². The van der Waals surface area contributed by atoms with Crippen molar-refractivity contribution in [1.29, 1.82) is 0 Å². The third-order valence-electron chi connectivity index (χ3n) is 1.76. The predicted molar refractivity (Wildman–Crippen MR) is 60.9 cm³/mol. The molecule has 0 aliphatic rings. The fourth-order valence-corrected chi connectivity index (χ4v) is 1.11. The summed E-state index contributed by atoms with van der Waals surface area (Å²) in [7, 11) is 0. The van der Waals surface area contributed by atoms with Crippen molar-refractivity contribution in [2.75, 3.05) is 5.32 Å². The normalized spacial score (nSPS) is 10.0. The number of anilines is 1. The van der Waals surface area contributed by atoms with Gasteiger partial charge >= 0.3 is 11.8 Å². The summed E-state index contributed by atoms with van der Waals surface area (Å²) < 4.78 is 0. The second-order valence-corrected chi connectivity index (χ2v) is 3.75. The smallest absolute Gasteiger partial charge is 0.314 e. The van der Waals surface area contributed by atoms with Crippen LogP contribution in [0.2, 0.25) is 0 Å². The Morgan fingerprint density at radius 2 is 1.94 bits per heavy atom. The van der Waals surface area contributed by atoms with Gasteiger partial charge in [-0.3, -0.25) is 9.59 Å². The van der Waals surface area contributed by atoms with Crippen LogP contribution >= 0.6 is 0 Å². The number of amides is 2. The van der Waals surface area contributed by atoms with E-state index in [1.54, 1.807) is 26.0 Å². The van der Waals surface area contributed by atoms with Gasteiger partial charge in [-0.15, -0.1) is 0 Å². The lowest BCUT2D eigenvalue weighted by Crippen LogP contribution is -2.39. The van der Waals surface area contributed by atoms with Crippen molar-refractivity contribution in [1.82, 2.24) is 10.3 Å². The van der Waals surface area contributed by atoms with E-state index in [9.17, 15) is 9.59 Å². The summed E-state index contributed by atoms with van der Waals surface area (Å²) in [6.07, 6.45) is 0. The number of aryl methyl sites for hydroxylation is 1. The van der Waals surface area contributed by atoms with E-state index in [2.05, 4.69) is 15.6 Å². The maximum Gasteiger partial charge on any atom is 0.314 e. The molecule has 0 fully saturated rings. The molecule has 2 N–H and O–H groups in total. The van der Waals surface area contributed by atoms with Gasteiger partial charge in [-0.2, -0.15) is 0 Å². The molecule has 0 atom stereocenters. The van der Waals surface area contributed by atoms with Crippen molar-refractivity contribution >= 4 is 17.6 Å². The minimum Gasteiger partial charge on any atom is -0.346 e. The molecule has 0 unspecified atom stereocenters. The van der Waals surface area contributed by atoms with Crippen LogP contribution in [0.1, 0.15) is 19.5 Å². The first kappa shape index (κ1) is 12.2. The molecule has 0 radical (unpaired) electrons. The number of hydrogen-bond donors (Lipinski definition) is 2. The van der Waals surface area contributed by atoms with Crippen molar-refractivity contribution in [3.8, 4) is 0 Å². The van der Waals surface area contributed by atoms with E-state index in [1.807, 2.05) is 13.0 Å². The van der Waals surface area contributed by atoms with Gasteiger partial charge in [0.25, 0.3) is 0 Å². The molecule has 0 aromatic carbocycles. The zero-order valence-electron chi connectivity index (χ0n) is 9.57. The van der Waals surface area contributed by atoms with Crippen molar-refractivity contribution in [3.63, 3.8) is 0 Å². The third-order valence-corrected chi connectivity index (χ3v) is 1.76. The summed E-state index contributed by atoms with van der Waals surface area (Å²) in [4.78, 5) is 26.8. The molecule has 1 rings (SSSR count). The molecule has 2 amide bonds. The Labute approximate surface area is 94.3 Å². The van der Waals surface area contributed by atoms with Gasteiger partial charge in [-0.25, -0.2) is 4.98 Å². The van der Waals surface area contributed by atoms with Crippen molar-refractivity contribution in [3.05, 3.63) is 23.9 Å². The summed E-state index contributed by atoms with van der Waals surface area (Å²) in [6, 6.07) is 5.14. The summed E-state index contributed by atoms with van der Waals surface area (Å²) in [5.74, 6) is -0.978. The standard InChI is InChI=1S/C11H15N3O2/c1-7(2)12-10(15)11(16)14-9-6-4-5-8(3)13-9/h4-7H,1-3H3,(H,12,15)(H,13,14,16). The molecule has 0 aliphatic carbocycles. The topological polar surface area (TPSA) is 71.1 Å². The first-order chi connectivity index (χ1) is 7.49. The zero-order valence-corrected chi connectivity index (χ0v) is 9.57. The monoisotopic (exact) mass is 221 g/mol. The number of hydrogen-bond acceptors (Lipinski definition) is 3. The maximum absolute atomic E-state index is 11.4. The van der Waals surface area contributed by atoms with Crippen LogP contribution in [-0.4, -0.2) is 22.8 Å². The van der Waals surface area contributed by atoms with Gasteiger partial charge < -0.3 is 10.6 Å². The first-order valence-electron chi connectivity index (χ1n) is 5.04. The molecule has 5 nitrogen and oxygen atoms in total. The average molecular weight is 221 g/mol. The molecule has 0 aliphatic heterocycles. The Bertz CT molecular complexity index is 402. The minimum atomic E-state index is -0.702. The Morgan fingerprint density at radius 1 is 1.25 bits per heavy atom. The molecule has 5 heteroatoms. The van der Waals surface area contributed by atoms with Crippen LogP contribution in [0.5, 0.6) is 0 Å². The predicted octanol–water partition coefficient (Wildman–Crippen LogP) is 0.853. The van der Waals surface area contributed by atoms with Crippen LogP contribution in [-0.2, 0) is 9.59 Å². The number of nitrogens with zero attached hydrogens (tertiary/aromatic N) is 1. The molecule has 0 saturated carbocycles. The molecule has 1 aromatic heterocycles. The van der Waals surface area contributed by atoms with Gasteiger partial charge in [0.1, 0.15) is 5.82 Å². The average Bonchev–Trinajstić information content (AvgIpc) is 2.16.